The number of aromatic nitrogens is 4. The Morgan fingerprint density at radius 1 is 1.19 bits per heavy atom. The SMILES string of the molecule is CCn1cc(NCc2cc(C(F)(F)F)nn2CC)c(C)n1. The molecule has 0 saturated carbocycles. The fourth-order valence-corrected chi connectivity index (χ4v) is 2.05. The van der Waals surface area contributed by atoms with Gasteiger partial charge in [0.05, 0.1) is 23.6 Å². The first kappa shape index (κ1) is 15.4. The molecule has 0 atom stereocenters. The van der Waals surface area contributed by atoms with Gasteiger partial charge in [0.2, 0.25) is 0 Å². The number of rotatable bonds is 5. The Bertz CT molecular complexity index is 612. The number of nitrogens with one attached hydrogen (secondary N) is 1. The molecule has 0 aliphatic rings. The molecule has 2 rings (SSSR count). The first-order valence-corrected chi connectivity index (χ1v) is 6.77. The van der Waals surface area contributed by atoms with E-state index in [1.54, 1.807) is 11.6 Å². The maximum absolute atomic E-state index is 12.7. The van der Waals surface area contributed by atoms with E-state index in [2.05, 4.69) is 15.5 Å². The molecule has 8 heteroatoms. The average Bonchev–Trinajstić information content (AvgIpc) is 2.99. The van der Waals surface area contributed by atoms with Crippen LogP contribution in [-0.2, 0) is 25.8 Å². The van der Waals surface area contributed by atoms with E-state index < -0.39 is 11.9 Å². The van der Waals surface area contributed by atoms with Crippen molar-refractivity contribution >= 4 is 5.69 Å². The van der Waals surface area contributed by atoms with Crippen molar-refractivity contribution in [2.45, 2.75) is 46.6 Å². The summed E-state index contributed by atoms with van der Waals surface area (Å²) in [6, 6.07) is 1.08. The van der Waals surface area contributed by atoms with E-state index in [1.165, 1.54) is 4.68 Å². The summed E-state index contributed by atoms with van der Waals surface area (Å²) < 4.78 is 41.2. The summed E-state index contributed by atoms with van der Waals surface area (Å²) >= 11 is 0. The monoisotopic (exact) mass is 301 g/mol. The quantitative estimate of drug-likeness (QED) is 0.923. The largest absolute Gasteiger partial charge is 0.435 e. The van der Waals surface area contributed by atoms with Gasteiger partial charge in [0.25, 0.3) is 0 Å². The molecule has 0 radical (unpaired) electrons. The first-order chi connectivity index (χ1) is 9.85. The molecule has 2 heterocycles. The molecular weight excluding hydrogens is 283 g/mol. The van der Waals surface area contributed by atoms with Crippen molar-refractivity contribution in [2.75, 3.05) is 5.32 Å². The van der Waals surface area contributed by atoms with Crippen molar-refractivity contribution in [3.05, 3.63) is 29.3 Å². The van der Waals surface area contributed by atoms with Gasteiger partial charge in [-0.25, -0.2) is 0 Å². The van der Waals surface area contributed by atoms with E-state index in [0.29, 0.717) is 12.2 Å². The minimum Gasteiger partial charge on any atom is -0.377 e. The molecule has 5 nitrogen and oxygen atoms in total. The number of aryl methyl sites for hydroxylation is 3. The summed E-state index contributed by atoms with van der Waals surface area (Å²) in [6.07, 6.45) is -2.58. The molecule has 0 fully saturated rings. The summed E-state index contributed by atoms with van der Waals surface area (Å²) in [7, 11) is 0. The summed E-state index contributed by atoms with van der Waals surface area (Å²) in [4.78, 5) is 0. The highest BCUT2D eigenvalue weighted by Gasteiger charge is 2.34. The third-order valence-electron chi connectivity index (χ3n) is 3.18. The molecule has 0 aromatic carbocycles. The number of alkyl halides is 3. The number of nitrogens with zero attached hydrogens (tertiary/aromatic N) is 4. The lowest BCUT2D eigenvalue weighted by Gasteiger charge is -2.06. The molecule has 21 heavy (non-hydrogen) atoms. The Hall–Kier alpha value is -1.99. The molecule has 0 saturated heterocycles. The van der Waals surface area contributed by atoms with Gasteiger partial charge in [0.1, 0.15) is 0 Å². The van der Waals surface area contributed by atoms with Crippen LogP contribution in [0, 0.1) is 6.92 Å². The highest BCUT2D eigenvalue weighted by molar-refractivity contribution is 5.45. The van der Waals surface area contributed by atoms with Crippen LogP contribution in [0.1, 0.15) is 30.9 Å². The van der Waals surface area contributed by atoms with E-state index in [4.69, 9.17) is 0 Å². The number of hydrogen-bond donors (Lipinski definition) is 1. The van der Waals surface area contributed by atoms with Gasteiger partial charge in [-0.1, -0.05) is 0 Å². The third kappa shape index (κ3) is 3.37. The van der Waals surface area contributed by atoms with Crippen molar-refractivity contribution in [3.8, 4) is 0 Å². The molecule has 1 N–H and O–H groups in total. The van der Waals surface area contributed by atoms with Crippen LogP contribution in [0.2, 0.25) is 0 Å². The lowest BCUT2D eigenvalue weighted by Crippen LogP contribution is -2.09. The Kier molecular flexibility index (Phi) is 4.24. The molecule has 0 unspecified atom stereocenters. The molecule has 0 aliphatic heterocycles. The van der Waals surface area contributed by atoms with E-state index in [9.17, 15) is 13.2 Å². The third-order valence-corrected chi connectivity index (χ3v) is 3.18. The van der Waals surface area contributed by atoms with Gasteiger partial charge in [-0.05, 0) is 26.8 Å². The molecule has 0 spiro atoms. The smallest absolute Gasteiger partial charge is 0.377 e. The summed E-state index contributed by atoms with van der Waals surface area (Å²) in [5.74, 6) is 0. The molecule has 2 aromatic rings. The van der Waals surface area contributed by atoms with Crippen LogP contribution in [0.4, 0.5) is 18.9 Å². The Labute approximate surface area is 120 Å². The molecule has 0 amide bonds. The van der Waals surface area contributed by atoms with E-state index >= 15 is 0 Å². The highest BCUT2D eigenvalue weighted by atomic mass is 19.4. The lowest BCUT2D eigenvalue weighted by molar-refractivity contribution is -0.141. The van der Waals surface area contributed by atoms with E-state index in [1.807, 2.05) is 20.0 Å². The number of anilines is 1. The highest BCUT2D eigenvalue weighted by Crippen LogP contribution is 2.28. The van der Waals surface area contributed by atoms with Crippen molar-refractivity contribution in [1.82, 2.24) is 19.6 Å². The van der Waals surface area contributed by atoms with Crippen LogP contribution in [0.25, 0.3) is 0 Å². The molecule has 116 valence electrons. The normalized spacial score (nSPS) is 11.9. The van der Waals surface area contributed by atoms with Gasteiger partial charge in [-0.3, -0.25) is 9.36 Å². The molecular formula is C13H18F3N5. The van der Waals surface area contributed by atoms with Crippen molar-refractivity contribution in [1.29, 1.82) is 0 Å². The minimum atomic E-state index is -4.42. The lowest BCUT2D eigenvalue weighted by atomic mass is 10.3. The maximum atomic E-state index is 12.7. The zero-order chi connectivity index (χ0) is 15.6. The van der Waals surface area contributed by atoms with Gasteiger partial charge in [0, 0.05) is 19.3 Å². The predicted molar refractivity (Wildman–Crippen MR) is 72.9 cm³/mol. The second-order valence-electron chi connectivity index (χ2n) is 4.67. The van der Waals surface area contributed by atoms with Gasteiger partial charge in [-0.2, -0.15) is 23.4 Å². The summed E-state index contributed by atoms with van der Waals surface area (Å²) in [6.45, 7) is 6.99. The van der Waals surface area contributed by atoms with Crippen LogP contribution in [0.15, 0.2) is 12.3 Å². The first-order valence-electron chi connectivity index (χ1n) is 6.77. The van der Waals surface area contributed by atoms with Gasteiger partial charge < -0.3 is 5.32 Å². The van der Waals surface area contributed by atoms with Gasteiger partial charge in [-0.15, -0.1) is 0 Å². The zero-order valence-electron chi connectivity index (χ0n) is 12.2. The Morgan fingerprint density at radius 3 is 2.43 bits per heavy atom. The summed E-state index contributed by atoms with van der Waals surface area (Å²) in [5, 5.41) is 11.0. The molecule has 0 aliphatic carbocycles. The van der Waals surface area contributed by atoms with Crippen molar-refractivity contribution in [2.24, 2.45) is 0 Å². The van der Waals surface area contributed by atoms with Crippen LogP contribution in [0.5, 0.6) is 0 Å². The molecule has 0 bridgehead atoms. The predicted octanol–water partition coefficient (Wildman–Crippen LogP) is 3.06. The standard InChI is InChI=1S/C13H18F3N5/c1-4-20-8-11(9(3)18-20)17-7-10-6-12(13(14,15)16)19-21(10)5-2/h6,8,17H,4-5,7H2,1-3H3. The maximum Gasteiger partial charge on any atom is 0.435 e. The van der Waals surface area contributed by atoms with Crippen LogP contribution in [-0.4, -0.2) is 19.6 Å². The Balaban J connectivity index is 2.15. The second-order valence-corrected chi connectivity index (χ2v) is 4.67. The zero-order valence-corrected chi connectivity index (χ0v) is 12.2. The van der Waals surface area contributed by atoms with Gasteiger partial charge in [0.15, 0.2) is 5.69 Å². The van der Waals surface area contributed by atoms with Gasteiger partial charge >= 0.3 is 6.18 Å². The second kappa shape index (κ2) is 5.79. The fraction of sp³-hybridized carbons (Fsp3) is 0.538. The fourth-order valence-electron chi connectivity index (χ4n) is 2.05. The van der Waals surface area contributed by atoms with Crippen LogP contribution < -0.4 is 5.32 Å². The van der Waals surface area contributed by atoms with Crippen molar-refractivity contribution in [3.63, 3.8) is 0 Å². The minimum absolute atomic E-state index is 0.271. The number of hydrogen-bond acceptors (Lipinski definition) is 3. The topological polar surface area (TPSA) is 47.7 Å². The average molecular weight is 301 g/mol. The summed E-state index contributed by atoms with van der Waals surface area (Å²) in [5.41, 5.74) is 1.26. The molecule has 2 aromatic heterocycles. The van der Waals surface area contributed by atoms with E-state index in [0.717, 1.165) is 24.0 Å². The number of halogens is 3. The van der Waals surface area contributed by atoms with Crippen LogP contribution >= 0.6 is 0 Å². The van der Waals surface area contributed by atoms with Crippen LogP contribution in [0.3, 0.4) is 0 Å². The van der Waals surface area contributed by atoms with E-state index in [-0.39, 0.29) is 6.54 Å². The Morgan fingerprint density at radius 2 is 1.90 bits per heavy atom. The van der Waals surface area contributed by atoms with Crippen molar-refractivity contribution < 1.29 is 13.2 Å².